The van der Waals surface area contributed by atoms with E-state index in [-0.39, 0.29) is 5.38 Å². The van der Waals surface area contributed by atoms with Crippen LogP contribution in [0.1, 0.15) is 37.0 Å². The van der Waals surface area contributed by atoms with Crippen molar-refractivity contribution in [2.24, 2.45) is 0 Å². The first-order chi connectivity index (χ1) is 9.70. The lowest BCUT2D eigenvalue weighted by Crippen LogP contribution is -2.18. The molecule has 1 atom stereocenters. The van der Waals surface area contributed by atoms with E-state index in [1.54, 1.807) is 7.11 Å². The molecule has 0 spiro atoms. The first-order valence-electron chi connectivity index (χ1n) is 6.85. The molecule has 1 saturated heterocycles. The third-order valence-corrected chi connectivity index (χ3v) is 4.90. The number of aromatic nitrogens is 3. The predicted octanol–water partition coefficient (Wildman–Crippen LogP) is 3.81. The van der Waals surface area contributed by atoms with E-state index in [1.807, 2.05) is 30.8 Å². The van der Waals surface area contributed by atoms with Crippen LogP contribution in [0.5, 0.6) is 5.88 Å². The average molecular weight is 312 g/mol. The topological polar surface area (TPSA) is 39.9 Å². The summed E-state index contributed by atoms with van der Waals surface area (Å²) >= 11 is 8.34. The predicted molar refractivity (Wildman–Crippen MR) is 83.9 cm³/mol. The molecule has 1 fully saturated rings. The number of methoxy groups -OCH3 is 1. The van der Waals surface area contributed by atoms with E-state index in [9.17, 15) is 0 Å². The quantitative estimate of drug-likeness (QED) is 0.808. The van der Waals surface area contributed by atoms with Crippen LogP contribution in [-0.4, -0.2) is 33.2 Å². The lowest BCUT2D eigenvalue weighted by molar-refractivity contribution is 0.397. The minimum Gasteiger partial charge on any atom is -0.481 e. The highest BCUT2D eigenvalue weighted by atomic mass is 35.5. The van der Waals surface area contributed by atoms with Gasteiger partial charge in [0.15, 0.2) is 5.65 Å². The minimum absolute atomic E-state index is 0.121. The Morgan fingerprint density at radius 3 is 2.75 bits per heavy atom. The summed E-state index contributed by atoms with van der Waals surface area (Å²) in [4.78, 5) is 9.25. The zero-order chi connectivity index (χ0) is 14.1. The Kier molecular flexibility index (Phi) is 4.08. The Morgan fingerprint density at radius 2 is 2.10 bits per heavy atom. The number of nitrogens with zero attached hydrogens (tertiary/aromatic N) is 3. The molecule has 0 radical (unpaired) electrons. The van der Waals surface area contributed by atoms with Crippen molar-refractivity contribution in [3.63, 3.8) is 0 Å². The van der Waals surface area contributed by atoms with E-state index in [0.29, 0.717) is 11.9 Å². The highest BCUT2D eigenvalue weighted by molar-refractivity contribution is 7.99. The first-order valence-corrected chi connectivity index (χ1v) is 8.44. The van der Waals surface area contributed by atoms with Crippen LogP contribution in [0, 0.1) is 0 Å². The van der Waals surface area contributed by atoms with Gasteiger partial charge in [-0.1, -0.05) is 0 Å². The van der Waals surface area contributed by atoms with Gasteiger partial charge < -0.3 is 9.30 Å². The van der Waals surface area contributed by atoms with Gasteiger partial charge in [-0.15, -0.1) is 11.6 Å². The van der Waals surface area contributed by atoms with Gasteiger partial charge in [0.05, 0.1) is 12.5 Å². The number of imidazole rings is 1. The smallest absolute Gasteiger partial charge is 0.215 e. The van der Waals surface area contributed by atoms with Crippen LogP contribution < -0.4 is 4.74 Å². The van der Waals surface area contributed by atoms with Crippen molar-refractivity contribution in [1.29, 1.82) is 0 Å². The molecule has 0 saturated carbocycles. The molecule has 0 amide bonds. The average Bonchev–Trinajstić information content (AvgIpc) is 2.86. The second-order valence-corrected chi connectivity index (χ2v) is 6.88. The molecular weight excluding hydrogens is 294 g/mol. The number of fused-ring (bicyclic) bond motifs is 1. The Bertz CT molecular complexity index is 608. The maximum Gasteiger partial charge on any atom is 0.215 e. The van der Waals surface area contributed by atoms with Crippen LogP contribution in [0.4, 0.5) is 0 Å². The van der Waals surface area contributed by atoms with E-state index in [0.717, 1.165) is 29.8 Å². The number of hydrogen-bond acceptors (Lipinski definition) is 4. The zero-order valence-electron chi connectivity index (χ0n) is 11.7. The number of rotatable bonds is 3. The molecule has 1 aliphatic rings. The maximum atomic E-state index is 6.33. The molecule has 1 aliphatic heterocycles. The molecule has 6 heteroatoms. The standard InChI is InChI=1S/C14H18ClN3OS/c1-9(15)13-16-11-3-4-12(19-2)17-14(11)18(13)10-5-7-20-8-6-10/h3-4,9-10H,5-8H2,1-2H3. The monoisotopic (exact) mass is 311 g/mol. The van der Waals surface area contributed by atoms with E-state index in [4.69, 9.17) is 16.3 Å². The van der Waals surface area contributed by atoms with Gasteiger partial charge in [-0.05, 0) is 37.3 Å². The van der Waals surface area contributed by atoms with Crippen molar-refractivity contribution in [2.75, 3.05) is 18.6 Å². The Morgan fingerprint density at radius 1 is 1.35 bits per heavy atom. The molecule has 2 aromatic rings. The molecule has 1 unspecified atom stereocenters. The van der Waals surface area contributed by atoms with Gasteiger partial charge in [0.1, 0.15) is 11.3 Å². The van der Waals surface area contributed by atoms with Gasteiger partial charge in [-0.3, -0.25) is 0 Å². The Labute approximate surface area is 127 Å². The van der Waals surface area contributed by atoms with Gasteiger partial charge in [-0.25, -0.2) is 4.98 Å². The summed E-state index contributed by atoms with van der Waals surface area (Å²) in [6.45, 7) is 1.97. The SMILES string of the molecule is COc1ccc2nc(C(C)Cl)n(C3CCSCC3)c2n1. The Hall–Kier alpha value is -0.940. The van der Waals surface area contributed by atoms with Crippen molar-refractivity contribution in [3.8, 4) is 5.88 Å². The van der Waals surface area contributed by atoms with Crippen molar-refractivity contribution in [3.05, 3.63) is 18.0 Å². The van der Waals surface area contributed by atoms with Gasteiger partial charge in [0.25, 0.3) is 0 Å². The summed E-state index contributed by atoms with van der Waals surface area (Å²) in [5, 5.41) is -0.121. The number of hydrogen-bond donors (Lipinski definition) is 0. The molecule has 4 nitrogen and oxygen atoms in total. The van der Waals surface area contributed by atoms with E-state index >= 15 is 0 Å². The maximum absolute atomic E-state index is 6.33. The molecule has 20 heavy (non-hydrogen) atoms. The van der Waals surface area contributed by atoms with E-state index in [2.05, 4.69) is 14.5 Å². The summed E-state index contributed by atoms with van der Waals surface area (Å²) in [5.41, 5.74) is 1.79. The lowest BCUT2D eigenvalue weighted by atomic mass is 10.1. The summed E-state index contributed by atoms with van der Waals surface area (Å²) < 4.78 is 7.48. The van der Waals surface area contributed by atoms with Gasteiger partial charge >= 0.3 is 0 Å². The van der Waals surface area contributed by atoms with Crippen molar-refractivity contribution in [2.45, 2.75) is 31.2 Å². The zero-order valence-corrected chi connectivity index (χ0v) is 13.2. The van der Waals surface area contributed by atoms with Crippen molar-refractivity contribution in [1.82, 2.24) is 14.5 Å². The van der Waals surface area contributed by atoms with Gasteiger partial charge in [0, 0.05) is 12.1 Å². The Balaban J connectivity index is 2.15. The fraction of sp³-hybridized carbons (Fsp3) is 0.571. The van der Waals surface area contributed by atoms with Crippen LogP contribution >= 0.6 is 23.4 Å². The molecule has 0 aromatic carbocycles. The first kappa shape index (κ1) is 14.0. The van der Waals surface area contributed by atoms with Gasteiger partial charge in [-0.2, -0.15) is 16.7 Å². The van der Waals surface area contributed by atoms with Crippen LogP contribution in [0.2, 0.25) is 0 Å². The van der Waals surface area contributed by atoms with Crippen LogP contribution in [0.3, 0.4) is 0 Å². The minimum atomic E-state index is -0.121. The number of pyridine rings is 1. The van der Waals surface area contributed by atoms with E-state index in [1.165, 1.54) is 11.5 Å². The number of alkyl halides is 1. The number of halogens is 1. The molecule has 3 rings (SSSR count). The second-order valence-electron chi connectivity index (χ2n) is 5.00. The van der Waals surface area contributed by atoms with Crippen LogP contribution in [0.25, 0.3) is 11.2 Å². The van der Waals surface area contributed by atoms with E-state index < -0.39 is 0 Å². The number of thioether (sulfide) groups is 1. The lowest BCUT2D eigenvalue weighted by Gasteiger charge is -2.25. The highest BCUT2D eigenvalue weighted by Crippen LogP contribution is 2.34. The second kappa shape index (κ2) is 5.82. The molecule has 2 aromatic heterocycles. The number of ether oxygens (including phenoxy) is 1. The summed E-state index contributed by atoms with van der Waals surface area (Å²) in [6, 6.07) is 4.24. The molecule has 0 bridgehead atoms. The molecule has 0 aliphatic carbocycles. The molecule has 3 heterocycles. The van der Waals surface area contributed by atoms with Crippen molar-refractivity contribution >= 4 is 34.5 Å². The fourth-order valence-electron chi connectivity index (χ4n) is 2.67. The molecule has 108 valence electrons. The third-order valence-electron chi connectivity index (χ3n) is 3.66. The normalized spacial score (nSPS) is 18.4. The third kappa shape index (κ3) is 2.49. The van der Waals surface area contributed by atoms with Crippen molar-refractivity contribution < 1.29 is 4.74 Å². The van der Waals surface area contributed by atoms with Crippen LogP contribution in [0.15, 0.2) is 12.1 Å². The van der Waals surface area contributed by atoms with Gasteiger partial charge in [0.2, 0.25) is 5.88 Å². The summed E-state index contributed by atoms with van der Waals surface area (Å²) in [7, 11) is 1.64. The highest BCUT2D eigenvalue weighted by Gasteiger charge is 2.24. The fourth-order valence-corrected chi connectivity index (χ4v) is 3.91. The summed E-state index contributed by atoms with van der Waals surface area (Å²) in [6.07, 6.45) is 2.29. The largest absolute Gasteiger partial charge is 0.481 e. The molecule has 0 N–H and O–H groups in total. The summed E-state index contributed by atoms with van der Waals surface area (Å²) in [5.74, 6) is 3.91. The van der Waals surface area contributed by atoms with Crippen LogP contribution in [-0.2, 0) is 0 Å². The molecular formula is C14H18ClN3OS.